The van der Waals surface area contributed by atoms with E-state index in [0.717, 1.165) is 17.8 Å². The predicted molar refractivity (Wildman–Crippen MR) is 64.5 cm³/mol. The van der Waals surface area contributed by atoms with Crippen LogP contribution in [0.4, 0.5) is 0 Å². The lowest BCUT2D eigenvalue weighted by molar-refractivity contribution is 0.180. The smallest absolute Gasteiger partial charge is 0.00136 e. The molecule has 15 heavy (non-hydrogen) atoms. The molecule has 0 saturated heterocycles. The van der Waals surface area contributed by atoms with Gasteiger partial charge in [0.05, 0.1) is 0 Å². The Hall–Kier alpha value is -0.520. The van der Waals surface area contributed by atoms with Crippen LogP contribution in [0.2, 0.25) is 0 Å². The highest BCUT2D eigenvalue weighted by atomic mass is 14.7. The van der Waals surface area contributed by atoms with Gasteiger partial charge in [-0.15, -0.1) is 0 Å². The molecule has 0 nitrogen and oxygen atoms in total. The molecule has 0 N–H and O–H groups in total. The van der Waals surface area contributed by atoms with Gasteiger partial charge in [0.1, 0.15) is 0 Å². The maximum absolute atomic E-state index is 2.52. The number of hydrogen-bond donors (Lipinski definition) is 0. The van der Waals surface area contributed by atoms with E-state index in [9.17, 15) is 0 Å². The molecule has 0 aromatic heterocycles. The molecule has 4 atom stereocenters. The SMILES string of the molecule is CC1CC=CC2=CCC3C(C3(C)C)C21C. The van der Waals surface area contributed by atoms with Crippen molar-refractivity contribution in [1.29, 1.82) is 0 Å². The maximum atomic E-state index is 2.52. The standard InChI is InChI=1S/C15H22/c1-10-6-5-7-11-8-9-12-13(14(12,2)3)15(10,11)4/h5,7-8,10,12-13H,6,9H2,1-4H3. The molecule has 82 valence electrons. The summed E-state index contributed by atoms with van der Waals surface area (Å²) in [7, 11) is 0. The van der Waals surface area contributed by atoms with Crippen LogP contribution in [-0.4, -0.2) is 0 Å². The minimum atomic E-state index is 0.473. The van der Waals surface area contributed by atoms with Crippen molar-refractivity contribution in [1.82, 2.24) is 0 Å². The Bertz CT molecular complexity index is 358. The van der Waals surface area contributed by atoms with E-state index in [0.29, 0.717) is 10.8 Å². The van der Waals surface area contributed by atoms with E-state index in [1.54, 1.807) is 5.57 Å². The van der Waals surface area contributed by atoms with Gasteiger partial charge in [-0.3, -0.25) is 0 Å². The highest BCUT2D eigenvalue weighted by molar-refractivity contribution is 5.39. The Kier molecular flexibility index (Phi) is 1.67. The number of allylic oxidation sites excluding steroid dienone is 4. The lowest BCUT2D eigenvalue weighted by Gasteiger charge is -2.43. The zero-order valence-corrected chi connectivity index (χ0v) is 10.4. The summed E-state index contributed by atoms with van der Waals surface area (Å²) in [4.78, 5) is 0. The highest BCUT2D eigenvalue weighted by Gasteiger charge is 2.67. The molecular formula is C15H22. The van der Waals surface area contributed by atoms with Crippen molar-refractivity contribution in [2.75, 3.05) is 0 Å². The summed E-state index contributed by atoms with van der Waals surface area (Å²) in [5.74, 6) is 2.72. The Balaban J connectivity index is 2.08. The fourth-order valence-electron chi connectivity index (χ4n) is 4.51. The third-order valence-corrected chi connectivity index (χ3v) is 5.72. The van der Waals surface area contributed by atoms with Crippen LogP contribution in [0, 0.1) is 28.6 Å². The van der Waals surface area contributed by atoms with Crippen molar-refractivity contribution in [2.24, 2.45) is 28.6 Å². The highest BCUT2D eigenvalue weighted by Crippen LogP contribution is 2.73. The lowest BCUT2D eigenvalue weighted by Crippen LogP contribution is -2.34. The fraction of sp³-hybridized carbons (Fsp3) is 0.733. The van der Waals surface area contributed by atoms with Crippen molar-refractivity contribution in [3.8, 4) is 0 Å². The summed E-state index contributed by atoms with van der Waals surface area (Å²) in [6.07, 6.45) is 9.87. The first-order chi connectivity index (χ1) is 6.99. The second-order valence-electron chi connectivity index (χ2n) is 6.62. The molecule has 0 aliphatic heterocycles. The van der Waals surface area contributed by atoms with Crippen LogP contribution < -0.4 is 0 Å². The van der Waals surface area contributed by atoms with Gasteiger partial charge in [0, 0.05) is 0 Å². The third kappa shape index (κ3) is 0.984. The topological polar surface area (TPSA) is 0 Å². The van der Waals surface area contributed by atoms with Crippen LogP contribution in [0.5, 0.6) is 0 Å². The van der Waals surface area contributed by atoms with Crippen LogP contribution in [0.3, 0.4) is 0 Å². The van der Waals surface area contributed by atoms with Gasteiger partial charge in [-0.1, -0.05) is 45.9 Å². The summed E-state index contributed by atoms with van der Waals surface area (Å²) in [5.41, 5.74) is 2.70. The summed E-state index contributed by atoms with van der Waals surface area (Å²) in [6.45, 7) is 9.89. The average Bonchev–Trinajstić information content (AvgIpc) is 2.73. The van der Waals surface area contributed by atoms with Gasteiger partial charge in [0.2, 0.25) is 0 Å². The van der Waals surface area contributed by atoms with Gasteiger partial charge in [0.25, 0.3) is 0 Å². The maximum Gasteiger partial charge on any atom is -0.00136 e. The first-order valence-corrected chi connectivity index (χ1v) is 6.36. The molecule has 1 saturated carbocycles. The van der Waals surface area contributed by atoms with E-state index in [4.69, 9.17) is 0 Å². The van der Waals surface area contributed by atoms with Gasteiger partial charge in [-0.2, -0.15) is 0 Å². The lowest BCUT2D eigenvalue weighted by atomic mass is 9.61. The number of hydrogen-bond acceptors (Lipinski definition) is 0. The van der Waals surface area contributed by atoms with Crippen molar-refractivity contribution < 1.29 is 0 Å². The zero-order chi connectivity index (χ0) is 10.8. The first-order valence-electron chi connectivity index (χ1n) is 6.36. The summed E-state index contributed by atoms with van der Waals surface area (Å²) >= 11 is 0. The van der Waals surface area contributed by atoms with Crippen LogP contribution in [0.25, 0.3) is 0 Å². The Morgan fingerprint density at radius 3 is 2.67 bits per heavy atom. The van der Waals surface area contributed by atoms with Crippen molar-refractivity contribution in [3.05, 3.63) is 23.8 Å². The normalized spacial score (nSPS) is 50.4. The van der Waals surface area contributed by atoms with Gasteiger partial charge in [-0.25, -0.2) is 0 Å². The Morgan fingerprint density at radius 2 is 1.93 bits per heavy atom. The molecule has 4 unspecified atom stereocenters. The molecule has 0 amide bonds. The van der Waals surface area contributed by atoms with E-state index in [1.165, 1.54) is 12.8 Å². The zero-order valence-electron chi connectivity index (χ0n) is 10.4. The first kappa shape index (κ1) is 9.69. The van der Waals surface area contributed by atoms with E-state index in [2.05, 4.69) is 45.9 Å². The molecular weight excluding hydrogens is 180 g/mol. The predicted octanol–water partition coefficient (Wildman–Crippen LogP) is 4.19. The number of rotatable bonds is 0. The fourth-order valence-corrected chi connectivity index (χ4v) is 4.51. The van der Waals surface area contributed by atoms with Crippen LogP contribution in [0.1, 0.15) is 40.5 Å². The van der Waals surface area contributed by atoms with Crippen LogP contribution in [-0.2, 0) is 0 Å². The van der Waals surface area contributed by atoms with Gasteiger partial charge in [0.15, 0.2) is 0 Å². The average molecular weight is 202 g/mol. The van der Waals surface area contributed by atoms with Crippen molar-refractivity contribution in [2.45, 2.75) is 40.5 Å². The van der Waals surface area contributed by atoms with Crippen molar-refractivity contribution in [3.63, 3.8) is 0 Å². The van der Waals surface area contributed by atoms with E-state index in [1.807, 2.05) is 0 Å². The summed E-state index contributed by atoms with van der Waals surface area (Å²) in [6, 6.07) is 0. The second kappa shape index (κ2) is 2.59. The molecule has 0 aromatic rings. The molecule has 3 aliphatic rings. The van der Waals surface area contributed by atoms with E-state index < -0.39 is 0 Å². The largest absolute Gasteiger partial charge is 0.0840 e. The minimum Gasteiger partial charge on any atom is -0.0840 e. The third-order valence-electron chi connectivity index (χ3n) is 5.72. The van der Waals surface area contributed by atoms with E-state index >= 15 is 0 Å². The second-order valence-corrected chi connectivity index (χ2v) is 6.62. The van der Waals surface area contributed by atoms with Crippen molar-refractivity contribution >= 4 is 0 Å². The molecule has 0 heteroatoms. The Morgan fingerprint density at radius 1 is 1.20 bits per heavy atom. The van der Waals surface area contributed by atoms with Crippen LogP contribution >= 0.6 is 0 Å². The molecule has 3 rings (SSSR count). The molecule has 0 radical (unpaired) electrons. The molecule has 3 aliphatic carbocycles. The molecule has 0 heterocycles. The summed E-state index contributed by atoms with van der Waals surface area (Å²) < 4.78 is 0. The van der Waals surface area contributed by atoms with E-state index in [-0.39, 0.29) is 0 Å². The molecule has 0 aromatic carbocycles. The number of fused-ring (bicyclic) bond motifs is 3. The molecule has 0 bridgehead atoms. The van der Waals surface area contributed by atoms with Gasteiger partial charge >= 0.3 is 0 Å². The summed E-state index contributed by atoms with van der Waals surface area (Å²) in [5, 5.41) is 0. The monoisotopic (exact) mass is 202 g/mol. The van der Waals surface area contributed by atoms with Gasteiger partial charge in [-0.05, 0) is 47.0 Å². The van der Waals surface area contributed by atoms with Gasteiger partial charge < -0.3 is 0 Å². The quantitative estimate of drug-likeness (QED) is 0.552. The molecule has 0 spiro atoms. The minimum absolute atomic E-state index is 0.473. The van der Waals surface area contributed by atoms with Crippen LogP contribution in [0.15, 0.2) is 23.8 Å². The Labute approximate surface area is 93.5 Å². The molecule has 1 fully saturated rings.